The molecule has 4 saturated heterocycles. The summed E-state index contributed by atoms with van der Waals surface area (Å²) < 4.78 is 0. The van der Waals surface area contributed by atoms with Gasteiger partial charge in [0.05, 0.1) is 0 Å². The first kappa shape index (κ1) is 28.6. The number of hydrogen-bond donors (Lipinski definition) is 0. The van der Waals surface area contributed by atoms with Crippen LogP contribution < -0.4 is 0 Å². The fourth-order valence-electron chi connectivity index (χ4n) is 9.65. The summed E-state index contributed by atoms with van der Waals surface area (Å²) in [6.07, 6.45) is 14.3. The lowest BCUT2D eigenvalue weighted by atomic mass is 9.84. The van der Waals surface area contributed by atoms with E-state index in [1.165, 1.54) is 94.1 Å². The molecule has 3 aromatic carbocycles. The quantitative estimate of drug-likeness (QED) is 0.174. The van der Waals surface area contributed by atoms with Crippen LogP contribution in [0.2, 0.25) is 0 Å². The molecule has 0 aromatic heterocycles. The van der Waals surface area contributed by atoms with E-state index in [4.69, 9.17) is 0 Å². The minimum absolute atomic E-state index is 0.252. The van der Waals surface area contributed by atoms with Gasteiger partial charge in [-0.3, -0.25) is 9.59 Å². The smallest absolute Gasteiger partial charge is 0.163 e. The minimum Gasteiger partial charge on any atom is -0.303 e. The van der Waals surface area contributed by atoms with Crippen LogP contribution in [-0.2, 0) is 0 Å². The Morgan fingerprint density at radius 1 is 0.568 bits per heavy atom. The summed E-state index contributed by atoms with van der Waals surface area (Å²) >= 11 is 0. The average Bonchev–Trinajstić information content (AvgIpc) is 3.37. The fourth-order valence-corrected chi connectivity index (χ4v) is 9.65. The fraction of sp³-hybridized carbons (Fsp3) is 0.550. The molecule has 4 nitrogen and oxygen atoms in total. The molecule has 6 fully saturated rings. The summed E-state index contributed by atoms with van der Waals surface area (Å²) in [5.41, 5.74) is 6.35. The molecule has 2 saturated carbocycles. The Balaban J connectivity index is 0.937. The Bertz CT molecular complexity index is 1530. The van der Waals surface area contributed by atoms with Gasteiger partial charge in [0.1, 0.15) is 0 Å². The zero-order valence-electron chi connectivity index (χ0n) is 26.4. The largest absolute Gasteiger partial charge is 0.303 e. The number of hydrogen-bond acceptors (Lipinski definition) is 4. The lowest BCUT2D eigenvalue weighted by molar-refractivity contribution is 0.0966. The maximum Gasteiger partial charge on any atom is 0.163 e. The van der Waals surface area contributed by atoms with Crippen molar-refractivity contribution in [3.05, 3.63) is 59.7 Å². The number of rotatable bonds is 10. The van der Waals surface area contributed by atoms with E-state index in [-0.39, 0.29) is 11.6 Å². The van der Waals surface area contributed by atoms with E-state index in [2.05, 4.69) is 46.2 Å². The van der Waals surface area contributed by atoms with Crippen molar-refractivity contribution >= 4 is 22.3 Å². The number of Topliss-reactive ketones (excluding diaryl/α,β-unsaturated/α-hetero) is 2. The van der Waals surface area contributed by atoms with Crippen LogP contribution in [0, 0.1) is 23.7 Å². The Labute approximate surface area is 263 Å². The molecular formula is C40H48N2O2. The van der Waals surface area contributed by atoms with Gasteiger partial charge in [-0.25, -0.2) is 0 Å². The van der Waals surface area contributed by atoms with E-state index >= 15 is 0 Å². The topological polar surface area (TPSA) is 40.6 Å². The summed E-state index contributed by atoms with van der Waals surface area (Å²) in [7, 11) is 0. The first-order valence-electron chi connectivity index (χ1n) is 17.8. The molecule has 230 valence electrons. The van der Waals surface area contributed by atoms with Crippen molar-refractivity contribution < 1.29 is 9.59 Å². The molecule has 3 aromatic rings. The SMILES string of the molecule is O=C(CCCN1CC2CCC(CC2)C1)c1ccc2c(c1)-c1ccc(C(=O)CCCN3CC4CCC(CC4)C3)c3cccc-2c13. The molecule has 0 unspecified atom stereocenters. The van der Waals surface area contributed by atoms with Gasteiger partial charge in [0.15, 0.2) is 11.6 Å². The van der Waals surface area contributed by atoms with Crippen LogP contribution in [-0.4, -0.2) is 60.6 Å². The van der Waals surface area contributed by atoms with Crippen LogP contribution >= 0.6 is 0 Å². The molecule has 4 heterocycles. The van der Waals surface area contributed by atoms with Gasteiger partial charge in [0.25, 0.3) is 0 Å². The number of fused-ring (bicyclic) bond motifs is 11. The predicted octanol–water partition coefficient (Wildman–Crippen LogP) is 8.66. The number of ketones is 2. The molecule has 7 aliphatic rings. The van der Waals surface area contributed by atoms with Crippen molar-refractivity contribution in [2.45, 2.75) is 77.0 Å². The van der Waals surface area contributed by atoms with Crippen LogP contribution in [0.25, 0.3) is 33.0 Å². The van der Waals surface area contributed by atoms with E-state index in [0.717, 1.165) is 77.2 Å². The van der Waals surface area contributed by atoms with Crippen molar-refractivity contribution in [2.24, 2.45) is 23.7 Å². The minimum atomic E-state index is 0.252. The first-order valence-corrected chi connectivity index (χ1v) is 17.8. The lowest BCUT2D eigenvalue weighted by Gasteiger charge is -2.22. The molecule has 4 heteroatoms. The third kappa shape index (κ3) is 5.58. The standard InChI is InChI=1S/C40H48N2O2/c43-38(6-2-20-41-23-27-8-9-28(24-41)11-10-27)31-16-17-32-34-4-1-5-35-33(18-19-36(40(34)35)37(32)22-31)39(44)7-3-21-42-25-29-12-13-30(26-42)15-14-29/h1,4-5,16-19,22,27-30H,2-3,6-15,20-21,23-26H2. The van der Waals surface area contributed by atoms with Crippen LogP contribution in [0.1, 0.15) is 97.8 Å². The Morgan fingerprint density at radius 3 is 1.68 bits per heavy atom. The molecule has 10 rings (SSSR count). The van der Waals surface area contributed by atoms with Gasteiger partial charge in [0.2, 0.25) is 0 Å². The number of benzene rings is 3. The molecular weight excluding hydrogens is 540 g/mol. The highest BCUT2D eigenvalue weighted by Crippen LogP contribution is 2.48. The van der Waals surface area contributed by atoms with Crippen LogP contribution in [0.5, 0.6) is 0 Å². The van der Waals surface area contributed by atoms with Gasteiger partial charge in [-0.05, 0) is 140 Å². The monoisotopic (exact) mass is 588 g/mol. The molecule has 0 spiro atoms. The van der Waals surface area contributed by atoms with Crippen molar-refractivity contribution in [3.63, 3.8) is 0 Å². The Morgan fingerprint density at radius 2 is 1.09 bits per heavy atom. The predicted molar refractivity (Wildman–Crippen MR) is 179 cm³/mol. The molecule has 0 N–H and O–H groups in total. The highest BCUT2D eigenvalue weighted by Gasteiger charge is 2.31. The van der Waals surface area contributed by atoms with Crippen LogP contribution in [0.4, 0.5) is 0 Å². The van der Waals surface area contributed by atoms with E-state index in [0.29, 0.717) is 12.8 Å². The number of nitrogens with zero attached hydrogens (tertiary/aromatic N) is 2. The molecule has 0 radical (unpaired) electrons. The lowest BCUT2D eigenvalue weighted by Crippen LogP contribution is -2.29. The molecule has 4 bridgehead atoms. The zero-order valence-corrected chi connectivity index (χ0v) is 26.4. The van der Waals surface area contributed by atoms with E-state index in [9.17, 15) is 9.59 Å². The maximum atomic E-state index is 13.6. The molecule has 3 aliphatic carbocycles. The molecule has 0 amide bonds. The summed E-state index contributed by atoms with van der Waals surface area (Å²) in [6.45, 7) is 7.01. The van der Waals surface area contributed by atoms with Crippen LogP contribution in [0.15, 0.2) is 48.5 Å². The second-order valence-corrected chi connectivity index (χ2v) is 15.0. The summed E-state index contributed by atoms with van der Waals surface area (Å²) in [5, 5.41) is 2.24. The second kappa shape index (κ2) is 12.2. The number of carbonyl (C=O) groups excluding carboxylic acids is 2. The van der Waals surface area contributed by atoms with Gasteiger partial charge < -0.3 is 9.80 Å². The summed E-state index contributed by atoms with van der Waals surface area (Å²) in [5.74, 6) is 4.01. The average molecular weight is 589 g/mol. The van der Waals surface area contributed by atoms with E-state index in [1.807, 2.05) is 12.1 Å². The second-order valence-electron chi connectivity index (χ2n) is 15.0. The Kier molecular flexibility index (Phi) is 7.92. The van der Waals surface area contributed by atoms with Gasteiger partial charge in [-0.15, -0.1) is 0 Å². The van der Waals surface area contributed by atoms with E-state index < -0.39 is 0 Å². The van der Waals surface area contributed by atoms with Gasteiger partial charge in [-0.1, -0.05) is 42.5 Å². The first-order chi connectivity index (χ1) is 21.6. The molecule has 4 aliphatic heterocycles. The van der Waals surface area contributed by atoms with Gasteiger partial charge in [0, 0.05) is 50.1 Å². The zero-order chi connectivity index (χ0) is 29.6. The normalized spacial score (nSPS) is 26.1. The van der Waals surface area contributed by atoms with Crippen molar-refractivity contribution in [1.29, 1.82) is 0 Å². The summed E-state index contributed by atoms with van der Waals surface area (Å²) in [4.78, 5) is 32.2. The molecule has 0 atom stereocenters. The Hall–Kier alpha value is -2.82. The maximum absolute atomic E-state index is 13.6. The van der Waals surface area contributed by atoms with Gasteiger partial charge in [-0.2, -0.15) is 0 Å². The third-order valence-corrected chi connectivity index (χ3v) is 12.0. The number of carbonyl (C=O) groups is 2. The highest BCUT2D eigenvalue weighted by atomic mass is 16.1. The van der Waals surface area contributed by atoms with Crippen LogP contribution in [0.3, 0.4) is 0 Å². The van der Waals surface area contributed by atoms with Gasteiger partial charge >= 0.3 is 0 Å². The van der Waals surface area contributed by atoms with Crippen molar-refractivity contribution in [1.82, 2.24) is 9.80 Å². The third-order valence-electron chi connectivity index (χ3n) is 12.0. The van der Waals surface area contributed by atoms with E-state index in [1.54, 1.807) is 0 Å². The summed E-state index contributed by atoms with van der Waals surface area (Å²) in [6, 6.07) is 16.9. The van der Waals surface area contributed by atoms with Crippen molar-refractivity contribution in [2.75, 3.05) is 39.3 Å². The van der Waals surface area contributed by atoms with Crippen molar-refractivity contribution in [3.8, 4) is 22.3 Å². The highest BCUT2D eigenvalue weighted by molar-refractivity contribution is 6.21. The molecule has 44 heavy (non-hydrogen) atoms.